The van der Waals surface area contributed by atoms with Gasteiger partial charge in [0.1, 0.15) is 0 Å². The fourth-order valence-electron chi connectivity index (χ4n) is 2.43. The maximum atomic E-state index is 6.05. The van der Waals surface area contributed by atoms with Crippen LogP contribution in [0.1, 0.15) is 31.7 Å². The molecule has 1 saturated heterocycles. The van der Waals surface area contributed by atoms with Gasteiger partial charge >= 0.3 is 0 Å². The Bertz CT molecular complexity index is 378. The summed E-state index contributed by atoms with van der Waals surface area (Å²) in [5, 5.41) is 0. The highest BCUT2D eigenvalue weighted by Gasteiger charge is 2.14. The monoisotopic (exact) mass is 296 g/mol. The molecule has 3 heteroatoms. The van der Waals surface area contributed by atoms with Crippen LogP contribution in [0.4, 0.5) is 5.69 Å². The summed E-state index contributed by atoms with van der Waals surface area (Å²) < 4.78 is 1.06. The predicted octanol–water partition coefficient (Wildman–Crippen LogP) is 3.65. The van der Waals surface area contributed by atoms with Crippen molar-refractivity contribution in [3.8, 4) is 0 Å². The van der Waals surface area contributed by atoms with Crippen molar-refractivity contribution in [3.05, 3.63) is 28.2 Å². The lowest BCUT2D eigenvalue weighted by Gasteiger charge is -2.21. The quantitative estimate of drug-likeness (QED) is 0.844. The maximum absolute atomic E-state index is 6.05. The fourth-order valence-corrected chi connectivity index (χ4v) is 2.81. The Balaban J connectivity index is 2.00. The molecule has 2 nitrogen and oxygen atoms in total. The molecule has 0 bridgehead atoms. The number of anilines is 1. The normalized spacial score (nSPS) is 22.4. The highest BCUT2D eigenvalue weighted by atomic mass is 79.9. The number of hydrogen-bond acceptors (Lipinski definition) is 2. The molecular weight excluding hydrogens is 276 g/mol. The highest BCUT2D eigenvalue weighted by molar-refractivity contribution is 9.10. The zero-order chi connectivity index (χ0) is 12.3. The minimum Gasteiger partial charge on any atom is -0.398 e. The summed E-state index contributed by atoms with van der Waals surface area (Å²) in [7, 11) is 0. The number of likely N-dealkylation sites (tertiary alicyclic amines) is 1. The third-order valence-electron chi connectivity index (χ3n) is 3.61. The van der Waals surface area contributed by atoms with Gasteiger partial charge in [0.05, 0.1) is 0 Å². The molecule has 2 rings (SSSR count). The molecule has 2 N–H and O–H groups in total. The van der Waals surface area contributed by atoms with Crippen LogP contribution >= 0.6 is 15.9 Å². The number of halogens is 1. The first kappa shape index (κ1) is 12.9. The van der Waals surface area contributed by atoms with Crippen LogP contribution in [0.25, 0.3) is 0 Å². The first-order chi connectivity index (χ1) is 8.15. The van der Waals surface area contributed by atoms with Crippen molar-refractivity contribution in [2.45, 2.75) is 32.7 Å². The Morgan fingerprint density at radius 2 is 2.18 bits per heavy atom. The summed E-state index contributed by atoms with van der Waals surface area (Å²) in [5.74, 6) is 0.877. The molecular formula is C14H21BrN2. The van der Waals surface area contributed by atoms with Gasteiger partial charge < -0.3 is 5.73 Å². The molecule has 0 spiro atoms. The van der Waals surface area contributed by atoms with Gasteiger partial charge in [-0.05, 0) is 56.0 Å². The Hall–Kier alpha value is -0.540. The number of nitrogens with two attached hydrogens (primary N) is 1. The van der Waals surface area contributed by atoms with E-state index in [1.165, 1.54) is 37.9 Å². The van der Waals surface area contributed by atoms with Crippen LogP contribution in [-0.2, 0) is 6.54 Å². The van der Waals surface area contributed by atoms with E-state index in [2.05, 4.69) is 39.9 Å². The third kappa shape index (κ3) is 3.71. The second kappa shape index (κ2) is 5.87. The summed E-state index contributed by atoms with van der Waals surface area (Å²) in [6.45, 7) is 5.76. The van der Waals surface area contributed by atoms with Gasteiger partial charge in [-0.3, -0.25) is 4.90 Å². The number of nitrogen functional groups attached to an aromatic ring is 1. The average Bonchev–Trinajstić information content (AvgIpc) is 2.48. The Morgan fingerprint density at radius 3 is 2.94 bits per heavy atom. The van der Waals surface area contributed by atoms with Gasteiger partial charge in [0.25, 0.3) is 0 Å². The third-order valence-corrected chi connectivity index (χ3v) is 4.10. The van der Waals surface area contributed by atoms with Gasteiger partial charge in [-0.25, -0.2) is 0 Å². The molecule has 17 heavy (non-hydrogen) atoms. The fraction of sp³-hybridized carbons (Fsp3) is 0.571. The summed E-state index contributed by atoms with van der Waals surface area (Å²) in [5.41, 5.74) is 8.20. The molecule has 1 aliphatic rings. The standard InChI is InChI=1S/C14H21BrN2/c1-11-3-2-7-17(8-6-11)10-12-4-5-13(15)9-14(12)16/h4-5,9,11H,2-3,6-8,10,16H2,1H3. The maximum Gasteiger partial charge on any atom is 0.0371 e. The first-order valence-corrected chi connectivity index (χ1v) is 7.20. The van der Waals surface area contributed by atoms with Crippen LogP contribution in [0.3, 0.4) is 0 Å². The van der Waals surface area contributed by atoms with Crippen LogP contribution in [-0.4, -0.2) is 18.0 Å². The largest absolute Gasteiger partial charge is 0.398 e. The van der Waals surface area contributed by atoms with Gasteiger partial charge in [-0.2, -0.15) is 0 Å². The van der Waals surface area contributed by atoms with Crippen LogP contribution in [0, 0.1) is 5.92 Å². The van der Waals surface area contributed by atoms with E-state index in [0.29, 0.717) is 0 Å². The molecule has 0 aromatic heterocycles. The highest BCUT2D eigenvalue weighted by Crippen LogP contribution is 2.22. The molecule has 1 fully saturated rings. The zero-order valence-corrected chi connectivity index (χ0v) is 12.0. The zero-order valence-electron chi connectivity index (χ0n) is 10.5. The first-order valence-electron chi connectivity index (χ1n) is 6.41. The van der Waals surface area contributed by atoms with Crippen molar-refractivity contribution in [3.63, 3.8) is 0 Å². The molecule has 94 valence electrons. The summed E-state index contributed by atoms with van der Waals surface area (Å²) in [6, 6.07) is 6.20. The van der Waals surface area contributed by atoms with Crippen molar-refractivity contribution in [1.29, 1.82) is 0 Å². The van der Waals surface area contributed by atoms with Gasteiger partial charge in [0, 0.05) is 16.7 Å². The second-order valence-electron chi connectivity index (χ2n) is 5.16. The molecule has 0 saturated carbocycles. The number of benzene rings is 1. The SMILES string of the molecule is CC1CCCN(Cc2ccc(Br)cc2N)CC1. The molecule has 0 amide bonds. The lowest BCUT2D eigenvalue weighted by Crippen LogP contribution is -2.24. The lowest BCUT2D eigenvalue weighted by atomic mass is 10.0. The van der Waals surface area contributed by atoms with E-state index < -0.39 is 0 Å². The molecule has 1 aliphatic heterocycles. The number of hydrogen-bond donors (Lipinski definition) is 1. The van der Waals surface area contributed by atoms with E-state index in [1.807, 2.05) is 6.07 Å². The van der Waals surface area contributed by atoms with E-state index in [9.17, 15) is 0 Å². The van der Waals surface area contributed by atoms with Crippen molar-refractivity contribution in [2.75, 3.05) is 18.8 Å². The van der Waals surface area contributed by atoms with Crippen LogP contribution < -0.4 is 5.73 Å². The van der Waals surface area contributed by atoms with Crippen LogP contribution in [0.15, 0.2) is 22.7 Å². The lowest BCUT2D eigenvalue weighted by molar-refractivity contribution is 0.274. The molecule has 0 radical (unpaired) electrons. The van der Waals surface area contributed by atoms with Crippen molar-refractivity contribution in [2.24, 2.45) is 5.92 Å². The Labute approximate surface area is 112 Å². The average molecular weight is 297 g/mol. The van der Waals surface area contributed by atoms with Gasteiger partial charge in [0.15, 0.2) is 0 Å². The van der Waals surface area contributed by atoms with Gasteiger partial charge in [0.2, 0.25) is 0 Å². The summed E-state index contributed by atoms with van der Waals surface area (Å²) in [6.07, 6.45) is 4.00. The topological polar surface area (TPSA) is 29.3 Å². The molecule has 1 aromatic rings. The van der Waals surface area contributed by atoms with Gasteiger partial charge in [-0.15, -0.1) is 0 Å². The van der Waals surface area contributed by atoms with E-state index in [-0.39, 0.29) is 0 Å². The smallest absolute Gasteiger partial charge is 0.0371 e. The van der Waals surface area contributed by atoms with E-state index in [0.717, 1.165) is 22.6 Å². The number of nitrogens with zero attached hydrogens (tertiary/aromatic N) is 1. The van der Waals surface area contributed by atoms with Crippen molar-refractivity contribution in [1.82, 2.24) is 4.90 Å². The van der Waals surface area contributed by atoms with E-state index in [1.54, 1.807) is 0 Å². The van der Waals surface area contributed by atoms with Crippen molar-refractivity contribution < 1.29 is 0 Å². The Kier molecular flexibility index (Phi) is 4.46. The molecule has 1 atom stereocenters. The van der Waals surface area contributed by atoms with E-state index in [4.69, 9.17) is 5.73 Å². The van der Waals surface area contributed by atoms with Crippen LogP contribution in [0.5, 0.6) is 0 Å². The summed E-state index contributed by atoms with van der Waals surface area (Å²) in [4.78, 5) is 2.53. The van der Waals surface area contributed by atoms with Gasteiger partial charge in [-0.1, -0.05) is 28.9 Å². The summed E-state index contributed by atoms with van der Waals surface area (Å²) >= 11 is 3.45. The second-order valence-corrected chi connectivity index (χ2v) is 6.07. The van der Waals surface area contributed by atoms with Crippen LogP contribution in [0.2, 0.25) is 0 Å². The molecule has 0 aliphatic carbocycles. The molecule has 1 aromatic carbocycles. The molecule has 1 unspecified atom stereocenters. The minimum atomic E-state index is 0.877. The molecule has 1 heterocycles. The Morgan fingerprint density at radius 1 is 1.35 bits per heavy atom. The van der Waals surface area contributed by atoms with Crippen molar-refractivity contribution >= 4 is 21.6 Å². The predicted molar refractivity (Wildman–Crippen MR) is 76.8 cm³/mol. The van der Waals surface area contributed by atoms with E-state index >= 15 is 0 Å². The number of rotatable bonds is 2. The minimum absolute atomic E-state index is 0.877.